The van der Waals surface area contributed by atoms with Crippen molar-refractivity contribution in [3.8, 4) is 5.75 Å². The Kier molecular flexibility index (Phi) is 3.97. The Morgan fingerprint density at radius 3 is 2.53 bits per heavy atom. The van der Waals surface area contributed by atoms with Crippen molar-refractivity contribution in [2.75, 3.05) is 7.11 Å². The summed E-state index contributed by atoms with van der Waals surface area (Å²) in [4.78, 5) is 0. The summed E-state index contributed by atoms with van der Waals surface area (Å²) < 4.78 is 5.11. The third kappa shape index (κ3) is 2.62. The fourth-order valence-corrected chi connectivity index (χ4v) is 1.71. The number of benzene rings is 1. The molecule has 0 aromatic heterocycles. The highest BCUT2D eigenvalue weighted by Gasteiger charge is 2.18. The van der Waals surface area contributed by atoms with E-state index in [-0.39, 0.29) is 6.04 Å². The Morgan fingerprint density at radius 1 is 1.47 bits per heavy atom. The lowest BCUT2D eigenvalue weighted by Gasteiger charge is -2.18. The average Bonchev–Trinajstić information content (AvgIpc) is 2.19. The predicted octanol–water partition coefficient (Wildman–Crippen LogP) is 2.04. The van der Waals surface area contributed by atoms with Gasteiger partial charge in [-0.2, -0.15) is 0 Å². The van der Waals surface area contributed by atoms with E-state index in [1.54, 1.807) is 14.0 Å². The lowest BCUT2D eigenvalue weighted by Crippen LogP contribution is -2.24. The smallest absolute Gasteiger partial charge is 0.138 e. The minimum absolute atomic E-state index is 0.367. The quantitative estimate of drug-likeness (QED) is 0.834. The monoisotopic (exact) mass is 229 g/mol. The van der Waals surface area contributed by atoms with Crippen LogP contribution in [0, 0.1) is 6.92 Å². The van der Waals surface area contributed by atoms with Crippen LogP contribution in [0.2, 0.25) is 5.02 Å². The normalized spacial score (nSPS) is 14.8. The summed E-state index contributed by atoms with van der Waals surface area (Å²) in [6.07, 6.45) is -0.772. The van der Waals surface area contributed by atoms with E-state index in [0.29, 0.717) is 16.3 Å². The second kappa shape index (κ2) is 4.84. The summed E-state index contributed by atoms with van der Waals surface area (Å²) in [5.41, 5.74) is 7.22. The highest BCUT2D eigenvalue weighted by Crippen LogP contribution is 2.34. The first-order valence-electron chi connectivity index (χ1n) is 4.75. The summed E-state index contributed by atoms with van der Waals surface area (Å²) >= 11 is 6.08. The zero-order chi connectivity index (χ0) is 11.6. The summed E-state index contributed by atoms with van der Waals surface area (Å²) in [5, 5.41) is 10.3. The Labute approximate surface area is 94.8 Å². The standard InChI is InChI=1S/C11H16ClNO2/c1-6-4-8(11(14)7(2)13)10(12)9(5-6)15-3/h4-5,7,11,14H,13H2,1-3H3. The van der Waals surface area contributed by atoms with Gasteiger partial charge in [-0.05, 0) is 25.5 Å². The molecular formula is C11H16ClNO2. The van der Waals surface area contributed by atoms with E-state index in [9.17, 15) is 5.11 Å². The van der Waals surface area contributed by atoms with E-state index in [1.807, 2.05) is 19.1 Å². The predicted molar refractivity (Wildman–Crippen MR) is 61.4 cm³/mol. The van der Waals surface area contributed by atoms with Crippen LogP contribution in [0.25, 0.3) is 0 Å². The number of nitrogens with two attached hydrogens (primary N) is 1. The molecule has 0 heterocycles. The molecule has 0 radical (unpaired) electrons. The topological polar surface area (TPSA) is 55.5 Å². The molecule has 0 saturated carbocycles. The van der Waals surface area contributed by atoms with Gasteiger partial charge in [0.1, 0.15) is 5.75 Å². The number of aliphatic hydroxyl groups excluding tert-OH is 1. The second-order valence-electron chi connectivity index (χ2n) is 3.67. The van der Waals surface area contributed by atoms with Crippen molar-refractivity contribution >= 4 is 11.6 Å². The molecule has 0 spiro atoms. The van der Waals surface area contributed by atoms with Gasteiger partial charge in [0.15, 0.2) is 0 Å². The van der Waals surface area contributed by atoms with Crippen molar-refractivity contribution in [3.05, 3.63) is 28.3 Å². The van der Waals surface area contributed by atoms with Crippen LogP contribution in [0.3, 0.4) is 0 Å². The number of hydrogen-bond donors (Lipinski definition) is 2. The molecule has 1 aromatic carbocycles. The third-order valence-electron chi connectivity index (χ3n) is 2.25. The molecule has 2 unspecified atom stereocenters. The maximum atomic E-state index is 9.86. The molecular weight excluding hydrogens is 214 g/mol. The van der Waals surface area contributed by atoms with Gasteiger partial charge in [0.25, 0.3) is 0 Å². The first-order chi connectivity index (χ1) is 6.97. The van der Waals surface area contributed by atoms with Gasteiger partial charge in [-0.3, -0.25) is 0 Å². The molecule has 84 valence electrons. The van der Waals surface area contributed by atoms with Gasteiger partial charge in [0, 0.05) is 11.6 Å². The van der Waals surface area contributed by atoms with E-state index in [1.165, 1.54) is 0 Å². The Hall–Kier alpha value is -0.770. The van der Waals surface area contributed by atoms with Gasteiger partial charge in [-0.25, -0.2) is 0 Å². The summed E-state index contributed by atoms with van der Waals surface area (Å²) in [5.74, 6) is 0.561. The molecule has 0 aliphatic rings. The zero-order valence-electron chi connectivity index (χ0n) is 9.12. The number of aliphatic hydroxyl groups is 1. The number of ether oxygens (including phenoxy) is 1. The molecule has 0 saturated heterocycles. The van der Waals surface area contributed by atoms with Crippen molar-refractivity contribution in [1.29, 1.82) is 0 Å². The van der Waals surface area contributed by atoms with Crippen molar-refractivity contribution < 1.29 is 9.84 Å². The van der Waals surface area contributed by atoms with E-state index in [4.69, 9.17) is 22.1 Å². The minimum atomic E-state index is -0.772. The molecule has 0 fully saturated rings. The SMILES string of the molecule is COc1cc(C)cc(C(O)C(C)N)c1Cl. The summed E-state index contributed by atoms with van der Waals surface area (Å²) in [6.45, 7) is 3.64. The van der Waals surface area contributed by atoms with Crippen LogP contribution in [0.1, 0.15) is 24.2 Å². The van der Waals surface area contributed by atoms with Crippen molar-refractivity contribution in [3.63, 3.8) is 0 Å². The average molecular weight is 230 g/mol. The summed E-state index contributed by atoms with van der Waals surface area (Å²) in [6, 6.07) is 3.27. The Balaban J connectivity index is 3.22. The lowest BCUT2D eigenvalue weighted by molar-refractivity contribution is 0.153. The van der Waals surface area contributed by atoms with Gasteiger partial charge >= 0.3 is 0 Å². The number of hydrogen-bond acceptors (Lipinski definition) is 3. The largest absolute Gasteiger partial charge is 0.495 e. The molecule has 0 bridgehead atoms. The maximum Gasteiger partial charge on any atom is 0.138 e. The second-order valence-corrected chi connectivity index (χ2v) is 4.05. The number of rotatable bonds is 3. The number of aryl methyl sites for hydroxylation is 1. The molecule has 0 aliphatic carbocycles. The van der Waals surface area contributed by atoms with Crippen molar-refractivity contribution in [1.82, 2.24) is 0 Å². The van der Waals surface area contributed by atoms with Gasteiger partial charge in [-0.15, -0.1) is 0 Å². The lowest BCUT2D eigenvalue weighted by atomic mass is 10.0. The van der Waals surface area contributed by atoms with Crippen LogP contribution in [0.15, 0.2) is 12.1 Å². The van der Waals surface area contributed by atoms with Crippen LogP contribution in [0.4, 0.5) is 0 Å². The van der Waals surface area contributed by atoms with E-state index in [0.717, 1.165) is 5.56 Å². The number of methoxy groups -OCH3 is 1. The van der Waals surface area contributed by atoms with Gasteiger partial charge in [-0.1, -0.05) is 17.7 Å². The third-order valence-corrected chi connectivity index (χ3v) is 2.65. The highest BCUT2D eigenvalue weighted by atomic mass is 35.5. The molecule has 4 heteroatoms. The maximum absolute atomic E-state index is 9.86. The van der Waals surface area contributed by atoms with E-state index < -0.39 is 6.10 Å². The van der Waals surface area contributed by atoms with E-state index in [2.05, 4.69) is 0 Å². The molecule has 15 heavy (non-hydrogen) atoms. The fraction of sp³-hybridized carbons (Fsp3) is 0.455. The molecule has 0 aliphatic heterocycles. The van der Waals surface area contributed by atoms with Crippen LogP contribution < -0.4 is 10.5 Å². The first kappa shape index (κ1) is 12.3. The Morgan fingerprint density at radius 2 is 2.07 bits per heavy atom. The zero-order valence-corrected chi connectivity index (χ0v) is 9.88. The first-order valence-corrected chi connectivity index (χ1v) is 5.12. The van der Waals surface area contributed by atoms with Gasteiger partial charge < -0.3 is 15.6 Å². The molecule has 2 atom stereocenters. The number of halogens is 1. The Bertz CT molecular complexity index is 353. The van der Waals surface area contributed by atoms with Crippen LogP contribution in [-0.4, -0.2) is 18.3 Å². The van der Waals surface area contributed by atoms with Crippen molar-refractivity contribution in [2.24, 2.45) is 5.73 Å². The van der Waals surface area contributed by atoms with Gasteiger partial charge in [0.2, 0.25) is 0 Å². The molecule has 3 nitrogen and oxygen atoms in total. The van der Waals surface area contributed by atoms with Crippen molar-refractivity contribution in [2.45, 2.75) is 26.0 Å². The molecule has 3 N–H and O–H groups in total. The highest BCUT2D eigenvalue weighted by molar-refractivity contribution is 6.32. The molecule has 1 aromatic rings. The fourth-order valence-electron chi connectivity index (χ4n) is 1.41. The van der Waals surface area contributed by atoms with Crippen LogP contribution >= 0.6 is 11.6 Å². The summed E-state index contributed by atoms with van der Waals surface area (Å²) in [7, 11) is 1.54. The minimum Gasteiger partial charge on any atom is -0.495 e. The molecule has 1 rings (SSSR count). The van der Waals surface area contributed by atoms with Crippen LogP contribution in [0.5, 0.6) is 5.75 Å². The molecule has 0 amide bonds. The van der Waals surface area contributed by atoms with Crippen LogP contribution in [-0.2, 0) is 0 Å². The van der Waals surface area contributed by atoms with Gasteiger partial charge in [0.05, 0.1) is 18.2 Å². The van der Waals surface area contributed by atoms with E-state index >= 15 is 0 Å².